The molecule has 1 fully saturated rings. The smallest absolute Gasteiger partial charge is 0.179 e. The first-order valence-corrected chi connectivity index (χ1v) is 7.30. The highest BCUT2D eigenvalue weighted by atomic mass is 19.1. The number of Topliss-reactive ketones (excluding diaryl/α,β-unsaturated/α-hetero) is 1. The third-order valence-electron chi connectivity index (χ3n) is 4.11. The first-order valence-electron chi connectivity index (χ1n) is 7.30. The fourth-order valence-electron chi connectivity index (χ4n) is 2.79. The average Bonchev–Trinajstić information content (AvgIpc) is 2.66. The van der Waals surface area contributed by atoms with Gasteiger partial charge in [0.25, 0.3) is 0 Å². The summed E-state index contributed by atoms with van der Waals surface area (Å²) in [7, 11) is 0. The summed E-state index contributed by atoms with van der Waals surface area (Å²) in [6.07, 6.45) is 4.50. The minimum atomic E-state index is -0.641. The molecule has 0 bridgehead atoms. The molecule has 0 N–H and O–H groups in total. The number of carbonyl (C=O) groups excluding carboxylic acids is 1. The number of benzene rings is 1. The fourth-order valence-corrected chi connectivity index (χ4v) is 2.79. The van der Waals surface area contributed by atoms with Crippen molar-refractivity contribution >= 4 is 5.78 Å². The van der Waals surface area contributed by atoms with E-state index < -0.39 is 11.6 Å². The van der Waals surface area contributed by atoms with Gasteiger partial charge in [-0.25, -0.2) is 8.78 Å². The van der Waals surface area contributed by atoms with Crippen LogP contribution < -0.4 is 0 Å². The molecule has 1 aromatic rings. The topological polar surface area (TPSA) is 20.3 Å². The molecule has 0 aromatic heterocycles. The fraction of sp³-hybridized carbons (Fsp3) is 0.562. The van der Waals surface area contributed by atoms with Gasteiger partial charge in [-0.15, -0.1) is 0 Å². The second-order valence-corrected chi connectivity index (χ2v) is 5.53. The predicted octanol–water partition coefficient (Wildman–Crippen LogP) is 3.66. The Hall–Kier alpha value is -1.29. The van der Waals surface area contributed by atoms with Crippen LogP contribution in [0.3, 0.4) is 0 Å². The lowest BCUT2D eigenvalue weighted by atomic mass is 9.98. The van der Waals surface area contributed by atoms with Gasteiger partial charge in [-0.2, -0.15) is 0 Å². The standard InChI is InChI=1S/C16H21F2NO/c1-2-12-4-3-8-19(9-7-12)11-16(20)14-10-13(17)5-6-15(14)18/h5-6,10,12H,2-4,7-9,11H2,1H3. The van der Waals surface area contributed by atoms with Crippen molar-refractivity contribution in [2.45, 2.75) is 32.6 Å². The third-order valence-corrected chi connectivity index (χ3v) is 4.11. The Labute approximate surface area is 118 Å². The Balaban J connectivity index is 1.99. The van der Waals surface area contributed by atoms with Crippen LogP contribution in [-0.2, 0) is 0 Å². The van der Waals surface area contributed by atoms with Gasteiger partial charge < -0.3 is 0 Å². The molecule has 1 heterocycles. The summed E-state index contributed by atoms with van der Waals surface area (Å²) in [6, 6.07) is 3.03. The summed E-state index contributed by atoms with van der Waals surface area (Å²) in [4.78, 5) is 14.2. The molecule has 110 valence electrons. The van der Waals surface area contributed by atoms with Gasteiger partial charge in [0, 0.05) is 0 Å². The van der Waals surface area contributed by atoms with Crippen LogP contribution in [0.2, 0.25) is 0 Å². The van der Waals surface area contributed by atoms with Crippen LogP contribution in [-0.4, -0.2) is 30.3 Å². The summed E-state index contributed by atoms with van der Waals surface area (Å²) in [6.45, 7) is 4.09. The molecule has 0 saturated carbocycles. The molecule has 2 nitrogen and oxygen atoms in total. The van der Waals surface area contributed by atoms with Gasteiger partial charge in [-0.1, -0.05) is 13.3 Å². The molecule has 1 aliphatic rings. The van der Waals surface area contributed by atoms with Crippen molar-refractivity contribution in [2.24, 2.45) is 5.92 Å². The van der Waals surface area contributed by atoms with Crippen LogP contribution in [0.4, 0.5) is 8.78 Å². The molecular weight excluding hydrogens is 260 g/mol. The molecule has 4 heteroatoms. The molecule has 1 saturated heterocycles. The number of likely N-dealkylation sites (tertiary alicyclic amines) is 1. The summed E-state index contributed by atoms with van der Waals surface area (Å²) >= 11 is 0. The van der Waals surface area contributed by atoms with E-state index in [4.69, 9.17) is 0 Å². The van der Waals surface area contributed by atoms with E-state index in [1.807, 2.05) is 0 Å². The number of hydrogen-bond donors (Lipinski definition) is 0. The van der Waals surface area contributed by atoms with Crippen LogP contribution in [0.1, 0.15) is 43.0 Å². The Morgan fingerprint density at radius 2 is 2.10 bits per heavy atom. The molecule has 20 heavy (non-hydrogen) atoms. The molecule has 1 aliphatic heterocycles. The van der Waals surface area contributed by atoms with E-state index in [2.05, 4.69) is 11.8 Å². The molecule has 1 atom stereocenters. The van der Waals surface area contributed by atoms with E-state index >= 15 is 0 Å². The van der Waals surface area contributed by atoms with Crippen molar-refractivity contribution in [3.63, 3.8) is 0 Å². The van der Waals surface area contributed by atoms with E-state index in [1.54, 1.807) is 0 Å². The lowest BCUT2D eigenvalue weighted by Gasteiger charge is -2.19. The summed E-state index contributed by atoms with van der Waals surface area (Å²) < 4.78 is 26.7. The lowest BCUT2D eigenvalue weighted by Crippen LogP contribution is -2.31. The first-order chi connectivity index (χ1) is 9.60. The summed E-state index contributed by atoms with van der Waals surface area (Å²) in [5.74, 6) is -0.827. The summed E-state index contributed by atoms with van der Waals surface area (Å²) in [5.41, 5.74) is -0.138. The lowest BCUT2D eigenvalue weighted by molar-refractivity contribution is 0.0927. The van der Waals surface area contributed by atoms with Gasteiger partial charge in [0.1, 0.15) is 11.6 Å². The van der Waals surface area contributed by atoms with Crippen molar-refractivity contribution in [1.82, 2.24) is 4.90 Å². The maximum absolute atomic E-state index is 13.6. The van der Waals surface area contributed by atoms with Crippen LogP contribution in [0, 0.1) is 17.6 Å². The van der Waals surface area contributed by atoms with Gasteiger partial charge in [0.2, 0.25) is 0 Å². The Kier molecular flexibility index (Phi) is 5.24. The van der Waals surface area contributed by atoms with Crippen LogP contribution >= 0.6 is 0 Å². The normalized spacial score (nSPS) is 20.6. The monoisotopic (exact) mass is 281 g/mol. The molecule has 0 spiro atoms. The van der Waals surface area contributed by atoms with E-state index in [0.717, 1.165) is 50.0 Å². The number of carbonyl (C=O) groups is 1. The molecule has 0 radical (unpaired) electrons. The first kappa shape index (κ1) is 15.1. The maximum atomic E-state index is 13.6. The molecule has 2 rings (SSSR count). The van der Waals surface area contributed by atoms with E-state index in [-0.39, 0.29) is 17.9 Å². The number of rotatable bonds is 4. The van der Waals surface area contributed by atoms with Gasteiger partial charge in [-0.3, -0.25) is 9.69 Å². The second kappa shape index (κ2) is 6.93. The second-order valence-electron chi connectivity index (χ2n) is 5.53. The molecule has 0 amide bonds. The van der Waals surface area contributed by atoms with Gasteiger partial charge in [0.05, 0.1) is 12.1 Å². The Bertz CT molecular complexity index is 476. The highest BCUT2D eigenvalue weighted by Crippen LogP contribution is 2.20. The van der Waals surface area contributed by atoms with Gasteiger partial charge in [0.15, 0.2) is 5.78 Å². The van der Waals surface area contributed by atoms with Crippen molar-refractivity contribution in [3.05, 3.63) is 35.4 Å². The SMILES string of the molecule is CCC1CCCN(CC(=O)c2cc(F)ccc2F)CC1. The molecule has 1 unspecified atom stereocenters. The number of halogens is 2. The number of ketones is 1. The van der Waals surface area contributed by atoms with Crippen LogP contribution in [0.5, 0.6) is 0 Å². The molecule has 1 aromatic carbocycles. The molecule has 0 aliphatic carbocycles. The average molecular weight is 281 g/mol. The zero-order chi connectivity index (χ0) is 14.5. The van der Waals surface area contributed by atoms with Crippen LogP contribution in [0.15, 0.2) is 18.2 Å². The van der Waals surface area contributed by atoms with Crippen molar-refractivity contribution < 1.29 is 13.6 Å². The maximum Gasteiger partial charge on any atom is 0.179 e. The largest absolute Gasteiger partial charge is 0.296 e. The van der Waals surface area contributed by atoms with Crippen molar-refractivity contribution in [2.75, 3.05) is 19.6 Å². The van der Waals surface area contributed by atoms with Gasteiger partial charge >= 0.3 is 0 Å². The van der Waals surface area contributed by atoms with Crippen molar-refractivity contribution in [3.8, 4) is 0 Å². The van der Waals surface area contributed by atoms with E-state index in [9.17, 15) is 13.6 Å². The Morgan fingerprint density at radius 1 is 1.30 bits per heavy atom. The predicted molar refractivity (Wildman–Crippen MR) is 74.8 cm³/mol. The van der Waals surface area contributed by atoms with E-state index in [0.29, 0.717) is 0 Å². The minimum absolute atomic E-state index is 0.138. The van der Waals surface area contributed by atoms with Crippen LogP contribution in [0.25, 0.3) is 0 Å². The van der Waals surface area contributed by atoms with E-state index in [1.165, 1.54) is 12.8 Å². The Morgan fingerprint density at radius 3 is 2.85 bits per heavy atom. The summed E-state index contributed by atoms with van der Waals surface area (Å²) in [5, 5.41) is 0. The van der Waals surface area contributed by atoms with Gasteiger partial charge in [-0.05, 0) is 56.5 Å². The highest BCUT2D eigenvalue weighted by molar-refractivity contribution is 5.97. The third kappa shape index (κ3) is 3.85. The zero-order valence-electron chi connectivity index (χ0n) is 11.9. The highest BCUT2D eigenvalue weighted by Gasteiger charge is 2.20. The zero-order valence-corrected chi connectivity index (χ0v) is 11.9. The number of hydrogen-bond acceptors (Lipinski definition) is 2. The number of nitrogens with zero attached hydrogens (tertiary/aromatic N) is 1. The minimum Gasteiger partial charge on any atom is -0.296 e. The molecular formula is C16H21F2NO. The van der Waals surface area contributed by atoms with Crippen molar-refractivity contribution in [1.29, 1.82) is 0 Å². The quantitative estimate of drug-likeness (QED) is 0.785.